The van der Waals surface area contributed by atoms with Crippen molar-refractivity contribution in [1.82, 2.24) is 10.6 Å². The van der Waals surface area contributed by atoms with Crippen molar-refractivity contribution in [2.75, 3.05) is 6.54 Å². The number of nitrogens with one attached hydrogen (secondary N) is 2. The van der Waals surface area contributed by atoms with Crippen LogP contribution in [0.3, 0.4) is 0 Å². The van der Waals surface area contributed by atoms with E-state index in [0.717, 1.165) is 12.5 Å². The van der Waals surface area contributed by atoms with E-state index in [0.29, 0.717) is 17.4 Å². The van der Waals surface area contributed by atoms with Crippen molar-refractivity contribution in [3.63, 3.8) is 0 Å². The van der Waals surface area contributed by atoms with Crippen molar-refractivity contribution in [1.29, 1.82) is 0 Å². The number of hydrogen-bond donors (Lipinski definition) is 2. The summed E-state index contributed by atoms with van der Waals surface area (Å²) in [5, 5.41) is 6.85. The molecule has 2 saturated carbocycles. The average Bonchev–Trinajstić information content (AvgIpc) is 2.86. The molecular formula is C17H30N2O. The number of amides is 1. The van der Waals surface area contributed by atoms with E-state index in [1.165, 1.54) is 32.1 Å². The Balaban J connectivity index is 1.72. The van der Waals surface area contributed by atoms with Gasteiger partial charge in [0, 0.05) is 6.04 Å². The van der Waals surface area contributed by atoms with Gasteiger partial charge in [0.25, 0.3) is 0 Å². The molecule has 114 valence electrons. The molecule has 2 aliphatic carbocycles. The molecule has 2 N–H and O–H groups in total. The van der Waals surface area contributed by atoms with E-state index >= 15 is 0 Å². The first-order valence-corrected chi connectivity index (χ1v) is 8.38. The van der Waals surface area contributed by atoms with E-state index in [4.69, 9.17) is 0 Å². The summed E-state index contributed by atoms with van der Waals surface area (Å²) in [4.78, 5) is 12.7. The topological polar surface area (TPSA) is 41.1 Å². The van der Waals surface area contributed by atoms with Gasteiger partial charge in [0.15, 0.2) is 0 Å². The molecule has 3 nitrogen and oxygen atoms in total. The highest BCUT2D eigenvalue weighted by molar-refractivity contribution is 5.82. The second-order valence-corrected chi connectivity index (χ2v) is 8.41. The van der Waals surface area contributed by atoms with Crippen LogP contribution in [0.4, 0.5) is 0 Å². The van der Waals surface area contributed by atoms with Gasteiger partial charge in [0.2, 0.25) is 5.91 Å². The number of piperidine rings is 1. The molecule has 2 bridgehead atoms. The molecule has 1 heterocycles. The maximum absolute atomic E-state index is 12.7. The van der Waals surface area contributed by atoms with Crippen LogP contribution in [0.25, 0.3) is 0 Å². The third-order valence-electron chi connectivity index (χ3n) is 6.61. The summed E-state index contributed by atoms with van der Waals surface area (Å²) in [6, 6.07) is 0.361. The molecule has 5 atom stereocenters. The SMILES string of the molecule is CC1CCCNC1C(=O)NC1C2(C)CCC(C2)C1(C)C. The lowest BCUT2D eigenvalue weighted by Crippen LogP contribution is -2.58. The lowest BCUT2D eigenvalue weighted by Gasteiger charge is -2.44. The Labute approximate surface area is 123 Å². The fourth-order valence-corrected chi connectivity index (χ4v) is 5.29. The zero-order valence-corrected chi connectivity index (χ0v) is 13.5. The molecule has 1 saturated heterocycles. The maximum atomic E-state index is 12.7. The summed E-state index contributed by atoms with van der Waals surface area (Å²) in [5.74, 6) is 1.48. The third kappa shape index (κ3) is 2.09. The fraction of sp³-hybridized carbons (Fsp3) is 0.941. The third-order valence-corrected chi connectivity index (χ3v) is 6.61. The first-order valence-electron chi connectivity index (χ1n) is 8.38. The van der Waals surface area contributed by atoms with Gasteiger partial charge < -0.3 is 10.6 Å². The summed E-state index contributed by atoms with van der Waals surface area (Å²) in [7, 11) is 0. The molecule has 0 spiro atoms. The fourth-order valence-electron chi connectivity index (χ4n) is 5.29. The van der Waals surface area contributed by atoms with Gasteiger partial charge in [0.05, 0.1) is 6.04 Å². The predicted molar refractivity (Wildman–Crippen MR) is 81.3 cm³/mol. The molecule has 0 aromatic carbocycles. The smallest absolute Gasteiger partial charge is 0.237 e. The van der Waals surface area contributed by atoms with E-state index in [1.807, 2.05) is 0 Å². The summed E-state index contributed by atoms with van der Waals surface area (Å²) < 4.78 is 0. The standard InChI is InChI=1S/C17H30N2O/c1-11-6-5-9-18-13(11)14(20)19-15-16(2,3)12-7-8-17(15,4)10-12/h11-13,15,18H,5-10H2,1-4H3,(H,19,20). The van der Waals surface area contributed by atoms with Gasteiger partial charge in [-0.05, 0) is 61.3 Å². The van der Waals surface area contributed by atoms with E-state index in [1.54, 1.807) is 0 Å². The Morgan fingerprint density at radius 1 is 1.25 bits per heavy atom. The number of carbonyl (C=O) groups is 1. The van der Waals surface area contributed by atoms with Crippen molar-refractivity contribution in [3.05, 3.63) is 0 Å². The monoisotopic (exact) mass is 278 g/mol. The van der Waals surface area contributed by atoms with Gasteiger partial charge in [0.1, 0.15) is 0 Å². The largest absolute Gasteiger partial charge is 0.351 e. The van der Waals surface area contributed by atoms with Crippen LogP contribution < -0.4 is 10.6 Å². The Bertz CT molecular complexity index is 401. The van der Waals surface area contributed by atoms with Crippen LogP contribution in [0.5, 0.6) is 0 Å². The van der Waals surface area contributed by atoms with Crippen molar-refractivity contribution in [2.24, 2.45) is 22.7 Å². The van der Waals surface area contributed by atoms with Crippen LogP contribution in [0.1, 0.15) is 59.8 Å². The molecule has 3 rings (SSSR count). The first kappa shape index (κ1) is 14.4. The quantitative estimate of drug-likeness (QED) is 0.815. The Hall–Kier alpha value is -0.570. The van der Waals surface area contributed by atoms with Gasteiger partial charge in [-0.2, -0.15) is 0 Å². The molecular weight excluding hydrogens is 248 g/mol. The van der Waals surface area contributed by atoms with E-state index in [9.17, 15) is 4.79 Å². The Morgan fingerprint density at radius 2 is 2.00 bits per heavy atom. The number of hydrogen-bond acceptors (Lipinski definition) is 2. The average molecular weight is 278 g/mol. The highest BCUT2D eigenvalue weighted by Gasteiger charge is 2.59. The predicted octanol–water partition coefficient (Wildman–Crippen LogP) is 2.71. The van der Waals surface area contributed by atoms with E-state index in [2.05, 4.69) is 38.3 Å². The molecule has 5 unspecified atom stereocenters. The minimum Gasteiger partial charge on any atom is -0.351 e. The Kier molecular flexibility index (Phi) is 3.39. The van der Waals surface area contributed by atoms with Gasteiger partial charge in [-0.3, -0.25) is 4.79 Å². The van der Waals surface area contributed by atoms with Gasteiger partial charge in [-0.25, -0.2) is 0 Å². The van der Waals surface area contributed by atoms with E-state index in [-0.39, 0.29) is 17.4 Å². The summed E-state index contributed by atoms with van der Waals surface area (Å²) >= 11 is 0. The zero-order valence-electron chi connectivity index (χ0n) is 13.5. The maximum Gasteiger partial charge on any atom is 0.237 e. The molecule has 3 fully saturated rings. The zero-order chi connectivity index (χ0) is 14.5. The van der Waals surface area contributed by atoms with Crippen LogP contribution in [0.2, 0.25) is 0 Å². The highest BCUT2D eigenvalue weighted by atomic mass is 16.2. The van der Waals surface area contributed by atoms with Crippen LogP contribution >= 0.6 is 0 Å². The summed E-state index contributed by atoms with van der Waals surface area (Å²) in [6.07, 6.45) is 6.27. The molecule has 0 radical (unpaired) electrons. The number of fused-ring (bicyclic) bond motifs is 2. The van der Waals surface area contributed by atoms with Crippen molar-refractivity contribution in [3.8, 4) is 0 Å². The second-order valence-electron chi connectivity index (χ2n) is 8.41. The van der Waals surface area contributed by atoms with Gasteiger partial charge in [-0.1, -0.05) is 27.7 Å². The minimum atomic E-state index is 0.0160. The second kappa shape index (κ2) is 4.72. The molecule has 1 amide bonds. The van der Waals surface area contributed by atoms with Crippen molar-refractivity contribution in [2.45, 2.75) is 71.9 Å². The number of rotatable bonds is 2. The summed E-state index contributed by atoms with van der Waals surface area (Å²) in [5.41, 5.74) is 0.572. The van der Waals surface area contributed by atoms with Crippen LogP contribution in [0.15, 0.2) is 0 Å². The van der Waals surface area contributed by atoms with Crippen molar-refractivity contribution >= 4 is 5.91 Å². The Morgan fingerprint density at radius 3 is 2.60 bits per heavy atom. The van der Waals surface area contributed by atoms with Gasteiger partial charge >= 0.3 is 0 Å². The molecule has 0 aromatic rings. The molecule has 20 heavy (non-hydrogen) atoms. The lowest BCUT2D eigenvalue weighted by atomic mass is 9.68. The lowest BCUT2D eigenvalue weighted by molar-refractivity contribution is -0.127. The first-order chi connectivity index (χ1) is 9.34. The van der Waals surface area contributed by atoms with Crippen LogP contribution in [-0.2, 0) is 4.79 Å². The normalized spacial score (nSPS) is 46.4. The molecule has 1 aliphatic heterocycles. The van der Waals surface area contributed by atoms with E-state index < -0.39 is 0 Å². The minimum absolute atomic E-state index is 0.0160. The van der Waals surface area contributed by atoms with Gasteiger partial charge in [-0.15, -0.1) is 0 Å². The highest BCUT2D eigenvalue weighted by Crippen LogP contribution is 2.62. The van der Waals surface area contributed by atoms with Crippen LogP contribution in [-0.4, -0.2) is 24.5 Å². The molecule has 0 aromatic heterocycles. The van der Waals surface area contributed by atoms with Crippen LogP contribution in [0, 0.1) is 22.7 Å². The molecule has 3 aliphatic rings. The summed E-state index contributed by atoms with van der Waals surface area (Å²) in [6.45, 7) is 10.3. The number of carbonyl (C=O) groups excluding carboxylic acids is 1. The molecule has 3 heteroatoms. The van der Waals surface area contributed by atoms with Crippen molar-refractivity contribution < 1.29 is 4.79 Å².